The van der Waals surface area contributed by atoms with Crippen molar-refractivity contribution in [3.63, 3.8) is 0 Å². The van der Waals surface area contributed by atoms with E-state index in [0.717, 1.165) is 10.3 Å². The molecular weight excluding hydrogens is 262 g/mol. The summed E-state index contributed by atoms with van der Waals surface area (Å²) < 4.78 is 0.747. The smallest absolute Gasteiger partial charge is 0.247 e. The Labute approximate surface area is 95.8 Å². The number of aliphatic hydroxyl groups is 1. The molecule has 0 fully saturated rings. The van der Waals surface area contributed by atoms with E-state index in [0.29, 0.717) is 6.54 Å². The van der Waals surface area contributed by atoms with Crippen LogP contribution in [-0.4, -0.2) is 28.6 Å². The summed E-state index contributed by atoms with van der Waals surface area (Å²) in [6.45, 7) is 0.604. The molecule has 0 saturated carbocycles. The Kier molecular flexibility index (Phi) is 4.67. The lowest BCUT2D eigenvalue weighted by molar-refractivity contribution is -0.125. The Balaban J connectivity index is 2.35. The van der Waals surface area contributed by atoms with Crippen LogP contribution in [0.5, 0.6) is 0 Å². The van der Waals surface area contributed by atoms with Gasteiger partial charge in [0, 0.05) is 13.1 Å². The van der Waals surface area contributed by atoms with Gasteiger partial charge in [-0.25, -0.2) is 4.98 Å². The fraction of sp³-hybridized carbons (Fsp3) is 0.333. The number of hydrogen-bond acceptors (Lipinski definition) is 4. The van der Waals surface area contributed by atoms with E-state index in [1.807, 2.05) is 18.2 Å². The van der Waals surface area contributed by atoms with E-state index in [2.05, 4.69) is 26.2 Å². The quantitative estimate of drug-likeness (QED) is 0.648. The molecular formula is C9H12BrN3O2. The molecule has 1 rings (SSSR count). The maximum atomic E-state index is 10.5. The second-order valence-electron chi connectivity index (χ2n) is 3.00. The van der Waals surface area contributed by atoms with Crippen molar-refractivity contribution in [1.29, 1.82) is 0 Å². The Morgan fingerprint density at radius 1 is 1.67 bits per heavy atom. The minimum absolute atomic E-state index is 0.128. The fourth-order valence-electron chi connectivity index (χ4n) is 0.986. The van der Waals surface area contributed by atoms with Crippen LogP contribution in [0.25, 0.3) is 0 Å². The van der Waals surface area contributed by atoms with Crippen LogP contribution in [0.1, 0.15) is 5.69 Å². The topological polar surface area (TPSA) is 88.2 Å². The minimum Gasteiger partial charge on any atom is -0.382 e. The highest BCUT2D eigenvalue weighted by Gasteiger charge is 2.09. The third-order valence-electron chi connectivity index (χ3n) is 1.75. The monoisotopic (exact) mass is 273 g/mol. The molecule has 1 heterocycles. The van der Waals surface area contributed by atoms with Gasteiger partial charge in [0.15, 0.2) is 0 Å². The zero-order chi connectivity index (χ0) is 11.3. The van der Waals surface area contributed by atoms with Gasteiger partial charge in [0.25, 0.3) is 0 Å². The van der Waals surface area contributed by atoms with Gasteiger partial charge in [0.2, 0.25) is 5.91 Å². The molecule has 0 aromatic carbocycles. The predicted molar refractivity (Wildman–Crippen MR) is 58.8 cm³/mol. The maximum absolute atomic E-state index is 10.5. The van der Waals surface area contributed by atoms with Crippen LogP contribution in [0.3, 0.4) is 0 Å². The number of rotatable bonds is 5. The second kappa shape index (κ2) is 5.79. The molecule has 4 N–H and O–H groups in total. The third-order valence-corrected chi connectivity index (χ3v) is 2.19. The SMILES string of the molecule is NC(=O)C(O)CNCc1cccc(Br)n1. The third kappa shape index (κ3) is 4.37. The Morgan fingerprint density at radius 2 is 2.40 bits per heavy atom. The van der Waals surface area contributed by atoms with Crippen molar-refractivity contribution < 1.29 is 9.90 Å². The first kappa shape index (κ1) is 12.1. The number of nitrogens with zero attached hydrogens (tertiary/aromatic N) is 1. The van der Waals surface area contributed by atoms with E-state index >= 15 is 0 Å². The summed E-state index contributed by atoms with van der Waals surface area (Å²) >= 11 is 3.24. The van der Waals surface area contributed by atoms with Gasteiger partial charge in [-0.1, -0.05) is 6.07 Å². The van der Waals surface area contributed by atoms with Gasteiger partial charge in [0.05, 0.1) is 5.69 Å². The first-order chi connectivity index (χ1) is 7.09. The van der Waals surface area contributed by atoms with Gasteiger partial charge in [-0.2, -0.15) is 0 Å². The highest BCUT2D eigenvalue weighted by Crippen LogP contribution is 2.05. The molecule has 1 atom stereocenters. The molecule has 0 aliphatic rings. The molecule has 82 valence electrons. The highest BCUT2D eigenvalue weighted by atomic mass is 79.9. The molecule has 0 saturated heterocycles. The van der Waals surface area contributed by atoms with Crippen molar-refractivity contribution in [3.8, 4) is 0 Å². The second-order valence-corrected chi connectivity index (χ2v) is 3.81. The van der Waals surface area contributed by atoms with Crippen molar-refractivity contribution in [2.24, 2.45) is 5.73 Å². The van der Waals surface area contributed by atoms with Crippen LogP contribution in [0.2, 0.25) is 0 Å². The van der Waals surface area contributed by atoms with E-state index in [1.54, 1.807) is 0 Å². The predicted octanol–water partition coefficient (Wildman–Crippen LogP) is -0.220. The number of primary amides is 1. The van der Waals surface area contributed by atoms with Crippen molar-refractivity contribution >= 4 is 21.8 Å². The highest BCUT2D eigenvalue weighted by molar-refractivity contribution is 9.10. The lowest BCUT2D eigenvalue weighted by Gasteiger charge is -2.07. The number of halogens is 1. The van der Waals surface area contributed by atoms with Crippen LogP contribution in [0, 0.1) is 0 Å². The van der Waals surface area contributed by atoms with Crippen LogP contribution in [-0.2, 0) is 11.3 Å². The minimum atomic E-state index is -1.16. The lowest BCUT2D eigenvalue weighted by atomic mass is 10.3. The van der Waals surface area contributed by atoms with E-state index in [1.165, 1.54) is 0 Å². The molecule has 1 aromatic heterocycles. The van der Waals surface area contributed by atoms with Crippen molar-refractivity contribution in [2.45, 2.75) is 12.6 Å². The molecule has 0 bridgehead atoms. The lowest BCUT2D eigenvalue weighted by Crippen LogP contribution is -2.37. The largest absolute Gasteiger partial charge is 0.382 e. The van der Waals surface area contributed by atoms with E-state index < -0.39 is 12.0 Å². The van der Waals surface area contributed by atoms with Crippen molar-refractivity contribution in [3.05, 3.63) is 28.5 Å². The number of carbonyl (C=O) groups is 1. The van der Waals surface area contributed by atoms with Gasteiger partial charge in [-0.15, -0.1) is 0 Å². The molecule has 1 amide bonds. The number of nitrogens with one attached hydrogen (secondary N) is 1. The number of carbonyl (C=O) groups excluding carboxylic acids is 1. The normalized spacial score (nSPS) is 12.4. The van der Waals surface area contributed by atoms with Gasteiger partial charge in [-0.3, -0.25) is 4.79 Å². The zero-order valence-electron chi connectivity index (χ0n) is 7.98. The van der Waals surface area contributed by atoms with Crippen molar-refractivity contribution in [2.75, 3.05) is 6.54 Å². The summed E-state index contributed by atoms with van der Waals surface area (Å²) in [6, 6.07) is 5.52. The number of nitrogens with two attached hydrogens (primary N) is 1. The first-order valence-electron chi connectivity index (χ1n) is 4.39. The van der Waals surface area contributed by atoms with E-state index in [-0.39, 0.29) is 6.54 Å². The van der Waals surface area contributed by atoms with Crippen LogP contribution < -0.4 is 11.1 Å². The van der Waals surface area contributed by atoms with Crippen LogP contribution >= 0.6 is 15.9 Å². The zero-order valence-corrected chi connectivity index (χ0v) is 9.57. The van der Waals surface area contributed by atoms with E-state index in [9.17, 15) is 4.79 Å². The Hall–Kier alpha value is -0.980. The summed E-state index contributed by atoms with van der Waals surface area (Å²) in [5, 5.41) is 12.0. The standard InChI is InChI=1S/C9H12BrN3O2/c10-8-3-1-2-6(13-8)4-12-5-7(14)9(11)15/h1-3,7,12,14H,4-5H2,(H2,11,15). The number of amides is 1. The summed E-state index contributed by atoms with van der Waals surface area (Å²) in [6.07, 6.45) is -1.16. The number of pyridine rings is 1. The Morgan fingerprint density at radius 3 is 3.00 bits per heavy atom. The molecule has 15 heavy (non-hydrogen) atoms. The molecule has 6 heteroatoms. The molecule has 5 nitrogen and oxygen atoms in total. The molecule has 0 aliphatic heterocycles. The molecule has 0 radical (unpaired) electrons. The van der Waals surface area contributed by atoms with Crippen molar-refractivity contribution in [1.82, 2.24) is 10.3 Å². The summed E-state index contributed by atoms with van der Waals surface area (Å²) in [7, 11) is 0. The van der Waals surface area contributed by atoms with Crippen LogP contribution in [0.4, 0.5) is 0 Å². The average Bonchev–Trinajstić information content (AvgIpc) is 2.17. The van der Waals surface area contributed by atoms with Gasteiger partial charge >= 0.3 is 0 Å². The number of aromatic nitrogens is 1. The van der Waals surface area contributed by atoms with E-state index in [4.69, 9.17) is 10.8 Å². The summed E-state index contributed by atoms with van der Waals surface area (Å²) in [5.41, 5.74) is 5.71. The summed E-state index contributed by atoms with van der Waals surface area (Å²) in [4.78, 5) is 14.7. The average molecular weight is 274 g/mol. The van der Waals surface area contributed by atoms with Gasteiger partial charge in [0.1, 0.15) is 10.7 Å². The number of aliphatic hydroxyl groups excluding tert-OH is 1. The fourth-order valence-corrected chi connectivity index (χ4v) is 1.37. The molecule has 0 aliphatic carbocycles. The first-order valence-corrected chi connectivity index (χ1v) is 5.18. The number of hydrogen-bond donors (Lipinski definition) is 3. The molecule has 0 spiro atoms. The van der Waals surface area contributed by atoms with Gasteiger partial charge in [-0.05, 0) is 28.1 Å². The summed E-state index contributed by atoms with van der Waals surface area (Å²) in [5.74, 6) is -0.732. The molecule has 1 aromatic rings. The van der Waals surface area contributed by atoms with Crippen LogP contribution in [0.15, 0.2) is 22.8 Å². The molecule has 1 unspecified atom stereocenters. The van der Waals surface area contributed by atoms with Gasteiger partial charge < -0.3 is 16.2 Å². The Bertz CT molecular complexity index is 346. The maximum Gasteiger partial charge on any atom is 0.247 e.